The number of aliphatic hydroxyl groups excluding tert-OH is 1. The monoisotopic (exact) mass is 540 g/mol. The molecule has 0 aromatic rings. The number of hydrogen-bond acceptors (Lipinski definition) is 8. The second-order valence-electron chi connectivity index (χ2n) is 12.1. The lowest BCUT2D eigenvalue weighted by Gasteiger charge is -2.36. The molecule has 4 saturated carbocycles. The Kier molecular flexibility index (Phi) is 11.6. The number of carboxylic acid groups (broad SMARTS) is 1. The van der Waals surface area contributed by atoms with Crippen LogP contribution in [-0.2, 0) is 24.1 Å². The molecule has 0 bridgehead atoms. The fourth-order valence-electron chi connectivity index (χ4n) is 7.07. The van der Waals surface area contributed by atoms with Crippen molar-refractivity contribution in [3.05, 3.63) is 0 Å². The van der Waals surface area contributed by atoms with Gasteiger partial charge in [0, 0.05) is 12.1 Å². The number of aliphatic hydroxyl groups is 1. The molecule has 4 rings (SSSR count). The Labute approximate surface area is 226 Å². The number of amides is 1. The molecule has 5 unspecified atom stereocenters. The van der Waals surface area contributed by atoms with Gasteiger partial charge in [-0.2, -0.15) is 5.48 Å². The van der Waals surface area contributed by atoms with Crippen LogP contribution < -0.4 is 10.8 Å². The van der Waals surface area contributed by atoms with Gasteiger partial charge in [-0.15, -0.1) is 0 Å². The van der Waals surface area contributed by atoms with E-state index in [1.165, 1.54) is 12.8 Å². The zero-order valence-corrected chi connectivity index (χ0v) is 22.6. The van der Waals surface area contributed by atoms with Crippen molar-refractivity contribution in [2.75, 3.05) is 13.2 Å². The van der Waals surface area contributed by atoms with Crippen molar-refractivity contribution >= 4 is 11.9 Å². The summed E-state index contributed by atoms with van der Waals surface area (Å²) in [7, 11) is 0. The van der Waals surface area contributed by atoms with Gasteiger partial charge in [-0.1, -0.05) is 12.8 Å². The van der Waals surface area contributed by atoms with Crippen LogP contribution in [0.1, 0.15) is 96.3 Å². The third-order valence-electron chi connectivity index (χ3n) is 9.46. The average molecular weight is 541 g/mol. The number of carbonyl (C=O) groups excluding carboxylic acids is 1. The van der Waals surface area contributed by atoms with Crippen molar-refractivity contribution in [2.45, 2.75) is 127 Å². The maximum Gasteiger partial charge on any atom is 0.307 e. The molecule has 5 atom stereocenters. The number of hydrogen-bond donors (Lipinski definition) is 5. The Morgan fingerprint density at radius 1 is 0.737 bits per heavy atom. The smallest absolute Gasteiger partial charge is 0.307 e. The second kappa shape index (κ2) is 14.9. The summed E-state index contributed by atoms with van der Waals surface area (Å²) in [6.07, 6.45) is 13.0. The molecule has 0 spiro atoms. The van der Waals surface area contributed by atoms with Crippen molar-refractivity contribution in [2.24, 2.45) is 23.7 Å². The maximum absolute atomic E-state index is 12.8. The molecule has 0 aromatic heterocycles. The van der Waals surface area contributed by atoms with E-state index < -0.39 is 23.9 Å². The van der Waals surface area contributed by atoms with Crippen LogP contribution in [0, 0.1) is 23.7 Å². The zero-order chi connectivity index (χ0) is 26.9. The molecule has 1 amide bonds. The first-order valence-corrected chi connectivity index (χ1v) is 14.9. The van der Waals surface area contributed by atoms with E-state index in [4.69, 9.17) is 14.8 Å². The van der Waals surface area contributed by atoms with Crippen LogP contribution in [0.2, 0.25) is 0 Å². The Morgan fingerprint density at radius 2 is 1.34 bits per heavy atom. The maximum atomic E-state index is 12.8. The normalized spacial score (nSPS) is 38.4. The van der Waals surface area contributed by atoms with Gasteiger partial charge in [0.25, 0.3) is 0 Å². The molecular weight excluding hydrogens is 492 g/mol. The van der Waals surface area contributed by atoms with Gasteiger partial charge in [0.2, 0.25) is 5.91 Å². The third-order valence-corrected chi connectivity index (χ3v) is 9.46. The number of nitrogens with one attached hydrogen (secondary N) is 2. The largest absolute Gasteiger partial charge is 0.481 e. The topological polar surface area (TPSA) is 147 Å². The average Bonchev–Trinajstić information content (AvgIpc) is 2.91. The second-order valence-corrected chi connectivity index (χ2v) is 12.1. The van der Waals surface area contributed by atoms with Crippen LogP contribution in [0.25, 0.3) is 0 Å². The van der Waals surface area contributed by atoms with E-state index in [2.05, 4.69) is 15.7 Å². The molecule has 0 heterocycles. The van der Waals surface area contributed by atoms with Crippen molar-refractivity contribution in [3.63, 3.8) is 0 Å². The Morgan fingerprint density at radius 3 is 1.95 bits per heavy atom. The molecule has 38 heavy (non-hydrogen) atoms. The molecule has 0 saturated heterocycles. The zero-order valence-electron chi connectivity index (χ0n) is 22.6. The van der Waals surface area contributed by atoms with Crippen LogP contribution in [0.3, 0.4) is 0 Å². The highest BCUT2D eigenvalue weighted by Crippen LogP contribution is 2.33. The van der Waals surface area contributed by atoms with Crippen molar-refractivity contribution in [1.29, 1.82) is 0 Å². The van der Waals surface area contributed by atoms with Gasteiger partial charge < -0.3 is 25.1 Å². The Bertz CT molecular complexity index is 736. The Balaban J connectivity index is 1.09. The first kappa shape index (κ1) is 29.7. The minimum atomic E-state index is -0.948. The lowest BCUT2D eigenvalue weighted by molar-refractivity contribution is -0.256. The van der Waals surface area contributed by atoms with Gasteiger partial charge in [0.15, 0.2) is 0 Å². The van der Waals surface area contributed by atoms with Crippen molar-refractivity contribution in [3.8, 4) is 0 Å². The minimum Gasteiger partial charge on any atom is -0.481 e. The van der Waals surface area contributed by atoms with E-state index in [1.54, 1.807) is 0 Å². The standard InChI is InChI=1S/C28H48N2O8/c31-22-9-14-25(28(33)34)26(15-22)27(32)29-20-5-10-23(11-6-20)38-24-12-7-21(8-13-24)30-36-16-18-3-1-2-4-19(18)17-37-35/h18-26,30-31,35H,1-17H2,(H,29,32)(H,33,34). The summed E-state index contributed by atoms with van der Waals surface area (Å²) in [5.74, 6) is -1.75. The highest BCUT2D eigenvalue weighted by atomic mass is 17.1. The first-order chi connectivity index (χ1) is 18.4. The first-order valence-electron chi connectivity index (χ1n) is 14.9. The van der Waals surface area contributed by atoms with Crippen LogP contribution in [-0.4, -0.2) is 71.0 Å². The molecular formula is C28H48N2O8. The van der Waals surface area contributed by atoms with Crippen LogP contribution in [0.15, 0.2) is 0 Å². The summed E-state index contributed by atoms with van der Waals surface area (Å²) >= 11 is 0. The highest BCUT2D eigenvalue weighted by molar-refractivity contribution is 5.85. The summed E-state index contributed by atoms with van der Waals surface area (Å²) in [4.78, 5) is 34.7. The van der Waals surface area contributed by atoms with Gasteiger partial charge in [0.1, 0.15) is 0 Å². The molecule has 0 radical (unpaired) electrons. The molecule has 5 N–H and O–H groups in total. The number of carboxylic acids is 1. The summed E-state index contributed by atoms with van der Waals surface area (Å²) in [6.45, 7) is 1.04. The van der Waals surface area contributed by atoms with E-state index in [0.29, 0.717) is 43.9 Å². The van der Waals surface area contributed by atoms with E-state index in [0.717, 1.165) is 64.2 Å². The number of rotatable bonds is 11. The summed E-state index contributed by atoms with van der Waals surface area (Å²) < 4.78 is 6.42. The quantitative estimate of drug-likeness (QED) is 0.196. The number of carbonyl (C=O) groups is 2. The molecule has 0 aromatic carbocycles. The van der Waals surface area contributed by atoms with E-state index in [1.807, 2.05) is 0 Å². The fourth-order valence-corrected chi connectivity index (χ4v) is 7.07. The van der Waals surface area contributed by atoms with Gasteiger partial charge in [-0.05, 0) is 95.3 Å². The van der Waals surface area contributed by atoms with Gasteiger partial charge in [0.05, 0.1) is 43.4 Å². The lowest BCUT2D eigenvalue weighted by atomic mass is 9.77. The lowest BCUT2D eigenvalue weighted by Crippen LogP contribution is -2.47. The number of hydroxylamine groups is 1. The van der Waals surface area contributed by atoms with E-state index in [-0.39, 0.29) is 30.6 Å². The van der Waals surface area contributed by atoms with E-state index in [9.17, 15) is 19.8 Å². The molecule has 4 fully saturated rings. The van der Waals surface area contributed by atoms with Gasteiger partial charge in [-0.25, -0.2) is 4.89 Å². The molecule has 218 valence electrons. The summed E-state index contributed by atoms with van der Waals surface area (Å²) in [5.41, 5.74) is 3.27. The van der Waals surface area contributed by atoms with Gasteiger partial charge >= 0.3 is 5.97 Å². The Hall–Kier alpha value is -1.30. The third kappa shape index (κ3) is 8.60. The predicted molar refractivity (Wildman–Crippen MR) is 139 cm³/mol. The highest BCUT2D eigenvalue weighted by Gasteiger charge is 2.40. The van der Waals surface area contributed by atoms with Gasteiger partial charge in [-0.3, -0.25) is 14.8 Å². The number of ether oxygens (including phenoxy) is 1. The predicted octanol–water partition coefficient (Wildman–Crippen LogP) is 3.42. The van der Waals surface area contributed by atoms with Crippen LogP contribution in [0.5, 0.6) is 0 Å². The molecule has 10 heteroatoms. The molecule has 4 aliphatic rings. The van der Waals surface area contributed by atoms with Crippen molar-refractivity contribution < 1.29 is 39.5 Å². The summed E-state index contributed by atoms with van der Waals surface area (Å²) in [6, 6.07) is 0.380. The SMILES string of the molecule is O=C(O)C1CCC(O)CC1C(=O)NC1CCC(OC2CCC(NOCC3CCCCC3COO)CC2)CC1. The molecule has 4 aliphatic carbocycles. The fraction of sp³-hybridized carbons (Fsp3) is 0.929. The summed E-state index contributed by atoms with van der Waals surface area (Å²) in [5, 5.41) is 31.3. The van der Waals surface area contributed by atoms with Crippen molar-refractivity contribution in [1.82, 2.24) is 10.8 Å². The molecule has 10 nitrogen and oxygen atoms in total. The van der Waals surface area contributed by atoms with Crippen LogP contribution in [0.4, 0.5) is 0 Å². The number of aliphatic carboxylic acids is 1. The van der Waals surface area contributed by atoms with Crippen LogP contribution >= 0.6 is 0 Å². The van der Waals surface area contributed by atoms with E-state index >= 15 is 0 Å². The molecule has 0 aliphatic heterocycles. The minimum absolute atomic E-state index is 0.0423.